The average molecular weight is 425 g/mol. The summed E-state index contributed by atoms with van der Waals surface area (Å²) in [7, 11) is 1.42. The normalized spacial score (nSPS) is 17.9. The minimum atomic E-state index is -0.734. The highest BCUT2D eigenvalue weighted by Gasteiger charge is 2.52. The number of halogens is 1. The van der Waals surface area contributed by atoms with Crippen LogP contribution in [0.5, 0.6) is 0 Å². The third-order valence-electron chi connectivity index (χ3n) is 5.12. The van der Waals surface area contributed by atoms with Gasteiger partial charge in [-0.1, -0.05) is 34.5 Å². The van der Waals surface area contributed by atoms with Crippen molar-refractivity contribution in [1.29, 1.82) is 0 Å². The van der Waals surface area contributed by atoms with Crippen LogP contribution in [0, 0.1) is 5.41 Å². The number of ether oxygens (including phenoxy) is 2. The van der Waals surface area contributed by atoms with E-state index in [4.69, 9.17) is 9.47 Å². The highest BCUT2D eigenvalue weighted by atomic mass is 79.9. The fourth-order valence-electron chi connectivity index (χ4n) is 3.29. The van der Waals surface area contributed by atoms with Gasteiger partial charge in [-0.3, -0.25) is 9.59 Å². The van der Waals surface area contributed by atoms with E-state index < -0.39 is 11.0 Å². The van der Waals surface area contributed by atoms with Crippen molar-refractivity contribution in [3.8, 4) is 0 Å². The predicted octanol–water partition coefficient (Wildman–Crippen LogP) is 5.17. The Hall–Kier alpha value is -1.36. The van der Waals surface area contributed by atoms with E-state index in [1.165, 1.54) is 7.11 Å². The molecule has 5 heteroatoms. The molecule has 1 aromatic carbocycles. The topological polar surface area (TPSA) is 52.6 Å². The van der Waals surface area contributed by atoms with Gasteiger partial charge in [-0.25, -0.2) is 0 Å². The first-order chi connectivity index (χ1) is 12.0. The van der Waals surface area contributed by atoms with Crippen LogP contribution < -0.4 is 0 Å². The van der Waals surface area contributed by atoms with E-state index in [0.717, 1.165) is 35.7 Å². The molecule has 1 fully saturated rings. The Balaban J connectivity index is 2.07. The van der Waals surface area contributed by atoms with Crippen LogP contribution >= 0.6 is 15.9 Å². The average Bonchev–Trinajstić information content (AvgIpc) is 3.33. The molecule has 1 saturated carbocycles. The molecule has 2 rings (SSSR count). The van der Waals surface area contributed by atoms with Gasteiger partial charge in [0.25, 0.3) is 0 Å². The van der Waals surface area contributed by atoms with Crippen LogP contribution in [0.25, 0.3) is 0 Å². The molecule has 0 bridgehead atoms. The Morgan fingerprint density at radius 3 is 2.35 bits per heavy atom. The summed E-state index contributed by atoms with van der Waals surface area (Å²) in [4.78, 5) is 25.0. The van der Waals surface area contributed by atoms with Crippen LogP contribution in [0.2, 0.25) is 0 Å². The quantitative estimate of drug-likeness (QED) is 0.566. The second kappa shape index (κ2) is 7.71. The standard InChI is InChI=1S/C21H29BrO4/c1-19(2,3)26-18(24)21(12-13-21)11-7-10-20(4,17(23)25-5)15-8-6-9-16(22)14-15/h6,8-9,14H,7,10-13H2,1-5H3. The van der Waals surface area contributed by atoms with Crippen LogP contribution in [-0.4, -0.2) is 24.6 Å². The first-order valence-corrected chi connectivity index (χ1v) is 9.90. The zero-order chi connectivity index (χ0) is 19.6. The maximum atomic E-state index is 12.5. The SMILES string of the molecule is COC(=O)C(C)(CCCC1(C(=O)OC(C)(C)C)CC1)c1cccc(Br)c1. The molecule has 0 amide bonds. The molecular formula is C21H29BrO4. The molecule has 0 saturated heterocycles. The molecule has 0 radical (unpaired) electrons. The van der Waals surface area contributed by atoms with E-state index in [0.29, 0.717) is 6.42 Å². The number of hydrogen-bond donors (Lipinski definition) is 0. The maximum Gasteiger partial charge on any atom is 0.315 e. The highest BCUT2D eigenvalue weighted by molar-refractivity contribution is 9.10. The van der Waals surface area contributed by atoms with Gasteiger partial charge in [0.1, 0.15) is 5.60 Å². The summed E-state index contributed by atoms with van der Waals surface area (Å²) in [5, 5.41) is 0. The summed E-state index contributed by atoms with van der Waals surface area (Å²) >= 11 is 3.47. The Bertz CT molecular complexity index is 673. The van der Waals surface area contributed by atoms with Gasteiger partial charge in [0.2, 0.25) is 0 Å². The van der Waals surface area contributed by atoms with Gasteiger partial charge in [0, 0.05) is 4.47 Å². The van der Waals surface area contributed by atoms with Gasteiger partial charge in [0.15, 0.2) is 0 Å². The van der Waals surface area contributed by atoms with Crippen molar-refractivity contribution in [2.45, 2.75) is 70.8 Å². The maximum absolute atomic E-state index is 12.5. The van der Waals surface area contributed by atoms with Crippen molar-refractivity contribution < 1.29 is 19.1 Å². The van der Waals surface area contributed by atoms with E-state index >= 15 is 0 Å². The lowest BCUT2D eigenvalue weighted by Crippen LogP contribution is -2.34. The molecule has 0 N–H and O–H groups in total. The summed E-state index contributed by atoms with van der Waals surface area (Å²) < 4.78 is 11.6. The lowest BCUT2D eigenvalue weighted by Gasteiger charge is -2.28. The van der Waals surface area contributed by atoms with Gasteiger partial charge in [-0.2, -0.15) is 0 Å². The van der Waals surface area contributed by atoms with Gasteiger partial charge in [-0.15, -0.1) is 0 Å². The number of hydrogen-bond acceptors (Lipinski definition) is 4. The first-order valence-electron chi connectivity index (χ1n) is 9.10. The number of benzene rings is 1. The summed E-state index contributed by atoms with van der Waals surface area (Å²) in [6, 6.07) is 7.76. The van der Waals surface area contributed by atoms with Crippen LogP contribution in [0.3, 0.4) is 0 Å². The van der Waals surface area contributed by atoms with Crippen molar-refractivity contribution in [3.63, 3.8) is 0 Å². The Morgan fingerprint density at radius 1 is 1.19 bits per heavy atom. The molecular weight excluding hydrogens is 396 g/mol. The second-order valence-electron chi connectivity index (χ2n) is 8.47. The van der Waals surface area contributed by atoms with E-state index in [1.54, 1.807) is 0 Å². The molecule has 0 aromatic heterocycles. The molecule has 1 aromatic rings. The summed E-state index contributed by atoms with van der Waals surface area (Å²) in [6.45, 7) is 7.58. The molecule has 0 aliphatic heterocycles. The molecule has 4 nitrogen and oxygen atoms in total. The van der Waals surface area contributed by atoms with Crippen LogP contribution in [0.15, 0.2) is 28.7 Å². The number of rotatable bonds is 7. The monoisotopic (exact) mass is 424 g/mol. The molecule has 26 heavy (non-hydrogen) atoms. The van der Waals surface area contributed by atoms with E-state index in [2.05, 4.69) is 15.9 Å². The second-order valence-corrected chi connectivity index (χ2v) is 9.39. The number of carbonyl (C=O) groups excluding carboxylic acids is 2. The molecule has 1 unspecified atom stereocenters. The van der Waals surface area contributed by atoms with Crippen molar-refractivity contribution in [1.82, 2.24) is 0 Å². The van der Waals surface area contributed by atoms with Crippen molar-refractivity contribution in [3.05, 3.63) is 34.3 Å². The number of methoxy groups -OCH3 is 1. The van der Waals surface area contributed by atoms with Crippen LogP contribution in [-0.2, 0) is 24.5 Å². The zero-order valence-electron chi connectivity index (χ0n) is 16.4. The largest absolute Gasteiger partial charge is 0.468 e. The van der Waals surface area contributed by atoms with E-state index in [-0.39, 0.29) is 17.4 Å². The molecule has 1 atom stereocenters. The molecule has 0 spiro atoms. The lowest BCUT2D eigenvalue weighted by molar-refractivity contribution is -0.162. The van der Waals surface area contributed by atoms with Gasteiger partial charge in [-0.05, 0) is 71.1 Å². The van der Waals surface area contributed by atoms with Crippen molar-refractivity contribution in [2.24, 2.45) is 5.41 Å². The van der Waals surface area contributed by atoms with Gasteiger partial charge in [0.05, 0.1) is 17.9 Å². The predicted molar refractivity (Wildman–Crippen MR) is 105 cm³/mol. The van der Waals surface area contributed by atoms with Crippen molar-refractivity contribution in [2.75, 3.05) is 7.11 Å². The summed E-state index contributed by atoms with van der Waals surface area (Å²) in [5.41, 5.74) is -0.644. The summed E-state index contributed by atoms with van der Waals surface area (Å²) in [5.74, 6) is -0.357. The molecule has 1 aliphatic carbocycles. The van der Waals surface area contributed by atoms with E-state index in [9.17, 15) is 9.59 Å². The van der Waals surface area contributed by atoms with Crippen LogP contribution in [0.4, 0.5) is 0 Å². The summed E-state index contributed by atoms with van der Waals surface area (Å²) in [6.07, 6.45) is 3.86. The number of esters is 2. The lowest BCUT2D eigenvalue weighted by atomic mass is 9.77. The minimum absolute atomic E-state index is 0.104. The third kappa shape index (κ3) is 4.87. The number of carbonyl (C=O) groups is 2. The Morgan fingerprint density at radius 2 is 1.85 bits per heavy atom. The fraction of sp³-hybridized carbons (Fsp3) is 0.619. The minimum Gasteiger partial charge on any atom is -0.468 e. The molecule has 1 aliphatic rings. The smallest absolute Gasteiger partial charge is 0.315 e. The van der Waals surface area contributed by atoms with Crippen molar-refractivity contribution >= 4 is 27.9 Å². The molecule has 0 heterocycles. The molecule has 144 valence electrons. The van der Waals surface area contributed by atoms with Crippen LogP contribution in [0.1, 0.15) is 65.4 Å². The highest BCUT2D eigenvalue weighted by Crippen LogP contribution is 2.52. The first kappa shape index (κ1) is 20.9. The zero-order valence-corrected chi connectivity index (χ0v) is 17.9. The van der Waals surface area contributed by atoms with Gasteiger partial charge < -0.3 is 9.47 Å². The van der Waals surface area contributed by atoms with Gasteiger partial charge >= 0.3 is 11.9 Å². The fourth-order valence-corrected chi connectivity index (χ4v) is 3.69. The Labute approximate surface area is 164 Å². The third-order valence-corrected chi connectivity index (χ3v) is 5.61. The Kier molecular flexibility index (Phi) is 6.21. The van der Waals surface area contributed by atoms with E-state index in [1.807, 2.05) is 52.0 Å².